The Morgan fingerprint density at radius 2 is 1.59 bits per heavy atom. The van der Waals surface area contributed by atoms with Gasteiger partial charge in [0.2, 0.25) is 0 Å². The van der Waals surface area contributed by atoms with Crippen LogP contribution < -0.4 is 0 Å². The zero-order valence-electron chi connectivity index (χ0n) is 9.86. The number of hydrogen-bond donors (Lipinski definition) is 0. The summed E-state index contributed by atoms with van der Waals surface area (Å²) >= 11 is 0. The van der Waals surface area contributed by atoms with Gasteiger partial charge in [0.05, 0.1) is 0 Å². The zero-order chi connectivity index (χ0) is 12.4. The van der Waals surface area contributed by atoms with Crippen molar-refractivity contribution in [1.29, 1.82) is 0 Å². The van der Waals surface area contributed by atoms with E-state index in [9.17, 15) is 9.90 Å². The molecule has 0 amide bonds. The van der Waals surface area contributed by atoms with E-state index in [4.69, 9.17) is 0 Å². The molecule has 0 bridgehead atoms. The van der Waals surface area contributed by atoms with Crippen LogP contribution >= 0.6 is 0 Å². The van der Waals surface area contributed by atoms with Gasteiger partial charge >= 0.3 is 0 Å². The lowest BCUT2D eigenvalue weighted by molar-refractivity contribution is 0.103. The van der Waals surface area contributed by atoms with Crippen molar-refractivity contribution in [3.05, 3.63) is 64.7 Å². The van der Waals surface area contributed by atoms with E-state index >= 15 is 0 Å². The van der Waals surface area contributed by atoms with Crippen LogP contribution in [0.15, 0.2) is 42.5 Å². The van der Waals surface area contributed by atoms with Crippen LogP contribution in [0, 0.1) is 13.8 Å². The lowest BCUT2D eigenvalue weighted by Gasteiger charge is -2.06. The topological polar surface area (TPSA) is 37.0 Å². The second-order valence-corrected chi connectivity index (χ2v) is 4.13. The Hall–Kier alpha value is -2.09. The monoisotopic (exact) mass is 225 g/mol. The first-order valence-electron chi connectivity index (χ1n) is 5.47. The quantitative estimate of drug-likeness (QED) is 0.718. The highest BCUT2D eigenvalue weighted by atomic mass is 16.3. The highest BCUT2D eigenvalue weighted by Gasteiger charge is 2.13. The van der Waals surface area contributed by atoms with Crippen LogP contribution in [-0.2, 0) is 5.11 Å². The summed E-state index contributed by atoms with van der Waals surface area (Å²) in [7, 11) is 0. The largest absolute Gasteiger partial charge is 0.290 e. The van der Waals surface area contributed by atoms with Crippen molar-refractivity contribution < 1.29 is 9.90 Å². The molecule has 0 atom stereocenters. The third-order valence-corrected chi connectivity index (χ3v) is 2.80. The fourth-order valence-corrected chi connectivity index (χ4v) is 1.78. The van der Waals surface area contributed by atoms with Crippen molar-refractivity contribution in [2.75, 3.05) is 0 Å². The standard InChI is InChI=1S/C15H13O2/c1-10-9-14(16)11(2)8-13(10)15(17)12-6-4-3-5-7-12/h3-9H,1-2H3. The van der Waals surface area contributed by atoms with Gasteiger partial charge in [-0.25, -0.2) is 0 Å². The third kappa shape index (κ3) is 2.21. The van der Waals surface area contributed by atoms with Crippen LogP contribution in [0.5, 0.6) is 5.75 Å². The Morgan fingerprint density at radius 1 is 0.941 bits per heavy atom. The number of ketones is 1. The van der Waals surface area contributed by atoms with Crippen LogP contribution in [0.4, 0.5) is 0 Å². The van der Waals surface area contributed by atoms with E-state index in [1.165, 1.54) is 6.07 Å². The van der Waals surface area contributed by atoms with E-state index in [2.05, 4.69) is 0 Å². The average molecular weight is 225 g/mol. The van der Waals surface area contributed by atoms with Gasteiger partial charge in [-0.2, -0.15) is 0 Å². The number of aryl methyl sites for hydroxylation is 2. The van der Waals surface area contributed by atoms with Gasteiger partial charge in [0.15, 0.2) is 11.5 Å². The first-order valence-corrected chi connectivity index (χ1v) is 5.47. The summed E-state index contributed by atoms with van der Waals surface area (Å²) < 4.78 is 0. The van der Waals surface area contributed by atoms with Crippen LogP contribution in [0.1, 0.15) is 27.0 Å². The number of rotatable bonds is 2. The van der Waals surface area contributed by atoms with Gasteiger partial charge < -0.3 is 0 Å². The first kappa shape index (κ1) is 11.4. The summed E-state index contributed by atoms with van der Waals surface area (Å²) in [6.07, 6.45) is 0. The van der Waals surface area contributed by atoms with Crippen LogP contribution in [0.25, 0.3) is 0 Å². The van der Waals surface area contributed by atoms with Crippen molar-refractivity contribution >= 4 is 5.78 Å². The molecule has 1 radical (unpaired) electrons. The molecule has 0 N–H and O–H groups in total. The van der Waals surface area contributed by atoms with E-state index in [0.717, 1.165) is 5.56 Å². The Morgan fingerprint density at radius 3 is 2.24 bits per heavy atom. The minimum absolute atomic E-state index is 0.0212. The summed E-state index contributed by atoms with van der Waals surface area (Å²) in [4.78, 5) is 12.2. The number of carbonyl (C=O) groups excluding carboxylic acids is 1. The molecule has 0 aromatic heterocycles. The molecule has 0 aliphatic heterocycles. The predicted octanol–water partition coefficient (Wildman–Crippen LogP) is 3.68. The number of carbonyl (C=O) groups is 1. The molecule has 2 nitrogen and oxygen atoms in total. The molecule has 0 fully saturated rings. The smallest absolute Gasteiger partial charge is 0.193 e. The third-order valence-electron chi connectivity index (χ3n) is 2.80. The van der Waals surface area contributed by atoms with Gasteiger partial charge in [-0.05, 0) is 37.1 Å². The van der Waals surface area contributed by atoms with E-state index in [0.29, 0.717) is 16.7 Å². The Labute approximate surface area is 101 Å². The van der Waals surface area contributed by atoms with Crippen molar-refractivity contribution in [2.45, 2.75) is 13.8 Å². The van der Waals surface area contributed by atoms with Crippen molar-refractivity contribution in [1.82, 2.24) is 0 Å². The maximum Gasteiger partial charge on any atom is 0.193 e. The molecule has 85 valence electrons. The fourth-order valence-electron chi connectivity index (χ4n) is 1.78. The van der Waals surface area contributed by atoms with Crippen molar-refractivity contribution in [3.8, 4) is 5.75 Å². The van der Waals surface area contributed by atoms with Crippen LogP contribution in [0.3, 0.4) is 0 Å². The number of hydrogen-bond acceptors (Lipinski definition) is 1. The molecule has 0 aliphatic carbocycles. The lowest BCUT2D eigenvalue weighted by Crippen LogP contribution is -2.03. The number of benzene rings is 2. The molecule has 0 heterocycles. The summed E-state index contributed by atoms with van der Waals surface area (Å²) in [6.45, 7) is 3.51. The normalized spacial score (nSPS) is 10.2. The van der Waals surface area contributed by atoms with Gasteiger partial charge in [0.1, 0.15) is 0 Å². The summed E-state index contributed by atoms with van der Waals surface area (Å²) in [5.74, 6) is -0.0571. The molecule has 0 aliphatic rings. The summed E-state index contributed by atoms with van der Waals surface area (Å²) in [5, 5.41) is 11.4. The molecule has 2 rings (SSSR count). The molecule has 0 saturated carbocycles. The maximum atomic E-state index is 12.2. The molecule has 17 heavy (non-hydrogen) atoms. The van der Waals surface area contributed by atoms with Crippen LogP contribution in [-0.4, -0.2) is 5.78 Å². The summed E-state index contributed by atoms with van der Waals surface area (Å²) in [6, 6.07) is 12.3. The first-order chi connectivity index (χ1) is 8.09. The molecule has 2 aromatic rings. The maximum absolute atomic E-state index is 12.2. The van der Waals surface area contributed by atoms with Crippen LogP contribution in [0.2, 0.25) is 0 Å². The minimum Gasteiger partial charge on any atom is -0.290 e. The second kappa shape index (κ2) is 4.42. The minimum atomic E-state index is -0.0359. The zero-order valence-corrected chi connectivity index (χ0v) is 9.86. The summed E-state index contributed by atoms with van der Waals surface area (Å²) in [5.41, 5.74) is 2.59. The van der Waals surface area contributed by atoms with Gasteiger partial charge in [-0.15, -0.1) is 0 Å². The van der Waals surface area contributed by atoms with Gasteiger partial charge in [0.25, 0.3) is 0 Å². The SMILES string of the molecule is Cc1cc(C(=O)c2ccccc2)c(C)cc1[O]. The average Bonchev–Trinajstić information content (AvgIpc) is 2.34. The molecular weight excluding hydrogens is 212 g/mol. The fraction of sp³-hybridized carbons (Fsp3) is 0.133. The highest BCUT2D eigenvalue weighted by molar-refractivity contribution is 6.10. The molecule has 2 heteroatoms. The van der Waals surface area contributed by atoms with Gasteiger partial charge in [0, 0.05) is 11.1 Å². The lowest BCUT2D eigenvalue weighted by atomic mass is 9.97. The van der Waals surface area contributed by atoms with E-state index in [-0.39, 0.29) is 11.5 Å². The Bertz CT molecular complexity index is 557. The van der Waals surface area contributed by atoms with Gasteiger partial charge in [-0.1, -0.05) is 30.3 Å². The van der Waals surface area contributed by atoms with E-state index in [1.807, 2.05) is 18.2 Å². The van der Waals surface area contributed by atoms with E-state index < -0.39 is 0 Å². The Balaban J connectivity index is 2.48. The molecule has 0 unspecified atom stereocenters. The van der Waals surface area contributed by atoms with E-state index in [1.54, 1.807) is 32.0 Å². The molecule has 0 spiro atoms. The highest BCUT2D eigenvalue weighted by Crippen LogP contribution is 2.23. The van der Waals surface area contributed by atoms with Crippen molar-refractivity contribution in [2.24, 2.45) is 0 Å². The second-order valence-electron chi connectivity index (χ2n) is 4.13. The molecule has 0 saturated heterocycles. The molecule has 2 aromatic carbocycles. The van der Waals surface area contributed by atoms with Crippen molar-refractivity contribution in [3.63, 3.8) is 0 Å². The molecular formula is C15H13O2. The predicted molar refractivity (Wildman–Crippen MR) is 65.9 cm³/mol. The Kier molecular flexibility index (Phi) is 2.96. The van der Waals surface area contributed by atoms with Gasteiger partial charge in [-0.3, -0.25) is 9.90 Å².